The van der Waals surface area contributed by atoms with Crippen molar-refractivity contribution in [1.29, 1.82) is 0 Å². The van der Waals surface area contributed by atoms with Gasteiger partial charge in [0, 0.05) is 30.0 Å². The van der Waals surface area contributed by atoms with E-state index >= 15 is 0 Å². The maximum atomic E-state index is 12.3. The topological polar surface area (TPSA) is 57.6 Å². The van der Waals surface area contributed by atoms with E-state index in [1.807, 2.05) is 16.7 Å². The molecule has 21 heavy (non-hydrogen) atoms. The van der Waals surface area contributed by atoms with Crippen molar-refractivity contribution >= 4 is 23.6 Å². The average molecular weight is 307 g/mol. The predicted octanol–water partition coefficient (Wildman–Crippen LogP) is 2.67. The Bertz CT molecular complexity index is 515. The standard InChI is InChI=1S/C16H21NO3S/c1-11-12(2)21-10-9-17(11)15(18)8-5-13-3-6-14(7-4-13)16(19)20/h3-4,6-7,11-12H,5,8-10H2,1-2H3,(H,19,20). The number of hydrogen-bond donors (Lipinski definition) is 1. The van der Waals surface area contributed by atoms with Gasteiger partial charge in [-0.2, -0.15) is 11.8 Å². The molecule has 0 aromatic heterocycles. The summed E-state index contributed by atoms with van der Waals surface area (Å²) >= 11 is 1.92. The van der Waals surface area contributed by atoms with Gasteiger partial charge in [-0.15, -0.1) is 0 Å². The lowest BCUT2D eigenvalue weighted by Gasteiger charge is -2.37. The van der Waals surface area contributed by atoms with Gasteiger partial charge in [-0.25, -0.2) is 4.79 Å². The van der Waals surface area contributed by atoms with Crippen LogP contribution in [-0.2, 0) is 11.2 Å². The second-order valence-electron chi connectivity index (χ2n) is 5.41. The fourth-order valence-corrected chi connectivity index (χ4v) is 3.59. The number of carboxylic acid groups (broad SMARTS) is 1. The highest BCUT2D eigenvalue weighted by molar-refractivity contribution is 8.00. The van der Waals surface area contributed by atoms with Gasteiger partial charge in [0.1, 0.15) is 0 Å². The second-order valence-corrected chi connectivity index (χ2v) is 6.89. The SMILES string of the molecule is CC1SCCN(C(=O)CCc2ccc(C(=O)O)cc2)C1C. The minimum absolute atomic E-state index is 0.192. The van der Waals surface area contributed by atoms with Crippen LogP contribution in [0.2, 0.25) is 0 Å². The highest BCUT2D eigenvalue weighted by Crippen LogP contribution is 2.24. The van der Waals surface area contributed by atoms with E-state index in [4.69, 9.17) is 5.11 Å². The van der Waals surface area contributed by atoms with Gasteiger partial charge in [0.2, 0.25) is 5.91 Å². The molecule has 1 saturated heterocycles. The Labute approximate surface area is 129 Å². The van der Waals surface area contributed by atoms with Crippen molar-refractivity contribution in [2.24, 2.45) is 0 Å². The summed E-state index contributed by atoms with van der Waals surface area (Å²) in [6.07, 6.45) is 1.14. The van der Waals surface area contributed by atoms with Gasteiger partial charge in [-0.1, -0.05) is 19.1 Å². The molecule has 1 aromatic carbocycles. The zero-order valence-electron chi connectivity index (χ0n) is 12.4. The summed E-state index contributed by atoms with van der Waals surface area (Å²) in [5.41, 5.74) is 1.28. The third-order valence-corrected chi connectivity index (χ3v) is 5.37. The van der Waals surface area contributed by atoms with Crippen molar-refractivity contribution < 1.29 is 14.7 Å². The number of rotatable bonds is 4. The molecule has 1 aliphatic rings. The molecule has 1 heterocycles. The summed E-state index contributed by atoms with van der Waals surface area (Å²) in [5, 5.41) is 9.34. The number of thioether (sulfide) groups is 1. The predicted molar refractivity (Wildman–Crippen MR) is 84.8 cm³/mol. The van der Waals surface area contributed by atoms with Gasteiger partial charge in [-0.05, 0) is 31.0 Å². The molecule has 2 unspecified atom stereocenters. The monoisotopic (exact) mass is 307 g/mol. The fraction of sp³-hybridized carbons (Fsp3) is 0.500. The molecule has 0 aliphatic carbocycles. The van der Waals surface area contributed by atoms with E-state index in [-0.39, 0.29) is 17.5 Å². The van der Waals surface area contributed by atoms with Crippen LogP contribution in [0.25, 0.3) is 0 Å². The van der Waals surface area contributed by atoms with Crippen LogP contribution in [0.3, 0.4) is 0 Å². The van der Waals surface area contributed by atoms with Crippen molar-refractivity contribution in [2.75, 3.05) is 12.3 Å². The molecular weight excluding hydrogens is 286 g/mol. The average Bonchev–Trinajstić information content (AvgIpc) is 2.48. The highest BCUT2D eigenvalue weighted by atomic mass is 32.2. The number of nitrogens with zero attached hydrogens (tertiary/aromatic N) is 1. The molecule has 5 heteroatoms. The molecule has 1 fully saturated rings. The lowest BCUT2D eigenvalue weighted by Crippen LogP contribution is -2.48. The Hall–Kier alpha value is -1.49. The molecule has 1 amide bonds. The maximum absolute atomic E-state index is 12.3. The minimum Gasteiger partial charge on any atom is -0.478 e. The quantitative estimate of drug-likeness (QED) is 0.929. The van der Waals surface area contributed by atoms with Crippen LogP contribution in [0.4, 0.5) is 0 Å². The van der Waals surface area contributed by atoms with Gasteiger partial charge in [0.15, 0.2) is 0 Å². The fourth-order valence-electron chi connectivity index (χ4n) is 2.49. The third-order valence-electron chi connectivity index (χ3n) is 4.03. The van der Waals surface area contributed by atoms with E-state index in [0.29, 0.717) is 18.1 Å². The minimum atomic E-state index is -0.925. The van der Waals surface area contributed by atoms with E-state index in [1.165, 1.54) is 0 Å². The first-order valence-corrected chi connectivity index (χ1v) is 8.27. The van der Waals surface area contributed by atoms with Crippen LogP contribution in [0, 0.1) is 0 Å². The van der Waals surface area contributed by atoms with Crippen LogP contribution >= 0.6 is 11.8 Å². The van der Waals surface area contributed by atoms with Crippen LogP contribution < -0.4 is 0 Å². The smallest absolute Gasteiger partial charge is 0.335 e. The Morgan fingerprint density at radius 1 is 1.29 bits per heavy atom. The van der Waals surface area contributed by atoms with E-state index in [9.17, 15) is 9.59 Å². The molecule has 0 radical (unpaired) electrons. The largest absolute Gasteiger partial charge is 0.478 e. The lowest BCUT2D eigenvalue weighted by molar-refractivity contribution is -0.133. The van der Waals surface area contributed by atoms with Crippen LogP contribution in [0.5, 0.6) is 0 Å². The van der Waals surface area contributed by atoms with E-state index < -0.39 is 5.97 Å². The summed E-state index contributed by atoms with van der Waals surface area (Å²) < 4.78 is 0. The van der Waals surface area contributed by atoms with E-state index in [1.54, 1.807) is 24.3 Å². The van der Waals surface area contributed by atoms with Crippen molar-refractivity contribution in [1.82, 2.24) is 4.90 Å². The number of hydrogen-bond acceptors (Lipinski definition) is 3. The molecule has 0 spiro atoms. The zero-order chi connectivity index (χ0) is 15.4. The molecule has 1 aliphatic heterocycles. The number of carboxylic acids is 1. The zero-order valence-corrected chi connectivity index (χ0v) is 13.2. The summed E-state index contributed by atoms with van der Waals surface area (Å²) in [7, 11) is 0. The molecule has 1 aromatic rings. The molecule has 2 rings (SSSR count). The van der Waals surface area contributed by atoms with Crippen molar-refractivity contribution in [3.05, 3.63) is 35.4 Å². The Morgan fingerprint density at radius 2 is 1.95 bits per heavy atom. The van der Waals surface area contributed by atoms with E-state index in [2.05, 4.69) is 13.8 Å². The first-order valence-electron chi connectivity index (χ1n) is 7.22. The number of aryl methyl sites for hydroxylation is 1. The van der Waals surface area contributed by atoms with Crippen LogP contribution in [0.15, 0.2) is 24.3 Å². The molecule has 114 valence electrons. The highest BCUT2D eigenvalue weighted by Gasteiger charge is 2.28. The lowest BCUT2D eigenvalue weighted by atomic mass is 10.1. The van der Waals surface area contributed by atoms with Crippen molar-refractivity contribution in [3.63, 3.8) is 0 Å². The first-order chi connectivity index (χ1) is 9.99. The Morgan fingerprint density at radius 3 is 2.57 bits per heavy atom. The van der Waals surface area contributed by atoms with E-state index in [0.717, 1.165) is 17.9 Å². The summed E-state index contributed by atoms with van der Waals surface area (Å²) in [6.45, 7) is 5.10. The summed E-state index contributed by atoms with van der Waals surface area (Å²) in [6, 6.07) is 7.03. The third kappa shape index (κ3) is 4.00. The molecule has 0 bridgehead atoms. The van der Waals surface area contributed by atoms with Gasteiger partial charge in [0.05, 0.1) is 5.56 Å². The van der Waals surface area contributed by atoms with Gasteiger partial charge >= 0.3 is 5.97 Å². The number of carbonyl (C=O) groups is 2. The maximum Gasteiger partial charge on any atom is 0.335 e. The molecular formula is C16H21NO3S. The van der Waals surface area contributed by atoms with Crippen LogP contribution in [0.1, 0.15) is 36.2 Å². The molecule has 1 N–H and O–H groups in total. The normalized spacial score (nSPS) is 22.1. The number of aromatic carboxylic acids is 1. The summed E-state index contributed by atoms with van der Waals surface area (Å²) in [4.78, 5) is 25.1. The summed E-state index contributed by atoms with van der Waals surface area (Å²) in [5.74, 6) is 0.271. The number of carbonyl (C=O) groups excluding carboxylic acids is 1. The second kappa shape index (κ2) is 6.98. The molecule has 2 atom stereocenters. The molecule has 0 saturated carbocycles. The van der Waals surface area contributed by atoms with Crippen LogP contribution in [-0.4, -0.2) is 45.5 Å². The Balaban J connectivity index is 1.90. The van der Waals surface area contributed by atoms with Gasteiger partial charge in [0.25, 0.3) is 0 Å². The van der Waals surface area contributed by atoms with Crippen molar-refractivity contribution in [3.8, 4) is 0 Å². The molecule has 4 nitrogen and oxygen atoms in total. The van der Waals surface area contributed by atoms with Crippen molar-refractivity contribution in [2.45, 2.75) is 38.0 Å². The first kappa shape index (κ1) is 15.9. The Kier molecular flexibility index (Phi) is 5.28. The number of amides is 1. The van der Waals surface area contributed by atoms with Gasteiger partial charge < -0.3 is 10.0 Å². The van der Waals surface area contributed by atoms with Gasteiger partial charge in [-0.3, -0.25) is 4.79 Å². The number of benzene rings is 1.